The summed E-state index contributed by atoms with van der Waals surface area (Å²) in [5.74, 6) is -2.23. The van der Waals surface area contributed by atoms with E-state index in [1.807, 2.05) is 0 Å². The fourth-order valence-corrected chi connectivity index (χ4v) is 1.57. The van der Waals surface area contributed by atoms with Gasteiger partial charge in [-0.15, -0.1) is 0 Å². The van der Waals surface area contributed by atoms with Gasteiger partial charge in [0.25, 0.3) is 0 Å². The molecule has 2 aromatic rings. The fraction of sp³-hybridized carbons (Fsp3) is 0.167. The summed E-state index contributed by atoms with van der Waals surface area (Å²) in [7, 11) is 1.46. The molecule has 106 valence electrons. The third kappa shape index (κ3) is 2.95. The second-order valence-electron chi connectivity index (χ2n) is 4.01. The third-order valence-corrected chi connectivity index (χ3v) is 2.53. The molecule has 0 unspecified atom stereocenters. The third-order valence-electron chi connectivity index (χ3n) is 2.53. The Morgan fingerprint density at radius 2 is 1.85 bits per heavy atom. The molecular formula is C12H10F4N4. The maximum atomic E-state index is 13.1. The molecule has 0 amide bonds. The minimum atomic E-state index is -4.70. The van der Waals surface area contributed by atoms with Crippen molar-refractivity contribution in [1.82, 2.24) is 9.97 Å². The average molecular weight is 286 g/mol. The number of nitrogens with zero attached hydrogens (tertiary/aromatic N) is 3. The van der Waals surface area contributed by atoms with E-state index in [1.54, 1.807) is 0 Å². The van der Waals surface area contributed by atoms with Crippen molar-refractivity contribution in [1.29, 1.82) is 0 Å². The highest BCUT2D eigenvalue weighted by Gasteiger charge is 2.35. The lowest BCUT2D eigenvalue weighted by Crippen LogP contribution is -2.18. The highest BCUT2D eigenvalue weighted by atomic mass is 19.4. The van der Waals surface area contributed by atoms with Crippen LogP contribution in [0.3, 0.4) is 0 Å². The van der Waals surface area contributed by atoms with Gasteiger partial charge in [0.1, 0.15) is 17.5 Å². The molecule has 0 aliphatic carbocycles. The zero-order valence-corrected chi connectivity index (χ0v) is 10.3. The molecule has 2 N–H and O–H groups in total. The predicted molar refractivity (Wildman–Crippen MR) is 65.9 cm³/mol. The smallest absolute Gasteiger partial charge is 0.384 e. The predicted octanol–water partition coefficient (Wildman–Crippen LogP) is 2.98. The van der Waals surface area contributed by atoms with E-state index in [0.717, 1.165) is 0 Å². The van der Waals surface area contributed by atoms with E-state index >= 15 is 0 Å². The zero-order chi connectivity index (χ0) is 14.9. The number of halogens is 4. The van der Waals surface area contributed by atoms with Crippen molar-refractivity contribution in [3.8, 4) is 0 Å². The Balaban J connectivity index is 2.45. The van der Waals surface area contributed by atoms with Gasteiger partial charge in [0.2, 0.25) is 5.82 Å². The monoisotopic (exact) mass is 286 g/mol. The first-order valence-electron chi connectivity index (χ1n) is 5.48. The summed E-state index contributed by atoms with van der Waals surface area (Å²) in [5, 5.41) is 0. The molecule has 0 radical (unpaired) electrons. The van der Waals surface area contributed by atoms with E-state index in [0.29, 0.717) is 5.69 Å². The minimum absolute atomic E-state index is 0.0737. The van der Waals surface area contributed by atoms with Crippen molar-refractivity contribution in [2.75, 3.05) is 17.7 Å². The van der Waals surface area contributed by atoms with E-state index in [1.165, 1.54) is 42.3 Å². The first-order chi connectivity index (χ1) is 9.27. The summed E-state index contributed by atoms with van der Waals surface area (Å²) < 4.78 is 51.0. The number of aromatic nitrogens is 2. The summed E-state index contributed by atoms with van der Waals surface area (Å²) in [6.07, 6.45) is -4.70. The van der Waals surface area contributed by atoms with Gasteiger partial charge < -0.3 is 10.6 Å². The summed E-state index contributed by atoms with van der Waals surface area (Å²) >= 11 is 0. The molecule has 0 spiro atoms. The number of benzene rings is 1. The normalized spacial score (nSPS) is 11.4. The summed E-state index contributed by atoms with van der Waals surface area (Å²) in [6.45, 7) is 0. The molecular weight excluding hydrogens is 276 g/mol. The van der Waals surface area contributed by atoms with Crippen LogP contribution in [0.4, 0.5) is 34.9 Å². The topological polar surface area (TPSA) is 55.0 Å². The van der Waals surface area contributed by atoms with Crippen LogP contribution in [0.25, 0.3) is 0 Å². The molecule has 0 aliphatic heterocycles. The van der Waals surface area contributed by atoms with E-state index in [9.17, 15) is 17.6 Å². The van der Waals surface area contributed by atoms with Crippen molar-refractivity contribution in [2.24, 2.45) is 0 Å². The molecule has 0 atom stereocenters. The number of nitrogen functional groups attached to an aromatic ring is 1. The van der Waals surface area contributed by atoms with Crippen LogP contribution in [0.5, 0.6) is 0 Å². The van der Waals surface area contributed by atoms with Crippen LogP contribution in [-0.4, -0.2) is 17.0 Å². The molecule has 0 bridgehead atoms. The second-order valence-corrected chi connectivity index (χ2v) is 4.01. The molecule has 2 rings (SSSR count). The molecule has 8 heteroatoms. The van der Waals surface area contributed by atoms with Crippen LogP contribution in [-0.2, 0) is 6.18 Å². The molecule has 1 aromatic heterocycles. The maximum absolute atomic E-state index is 13.1. The Morgan fingerprint density at radius 3 is 2.45 bits per heavy atom. The minimum Gasteiger partial charge on any atom is -0.384 e. The number of nitrogens with two attached hydrogens (primary N) is 1. The Kier molecular flexibility index (Phi) is 3.47. The first-order valence-corrected chi connectivity index (χ1v) is 5.48. The highest BCUT2D eigenvalue weighted by Crippen LogP contribution is 2.30. The lowest BCUT2D eigenvalue weighted by Gasteiger charge is -2.19. The van der Waals surface area contributed by atoms with Crippen LogP contribution in [0.2, 0.25) is 0 Å². The van der Waals surface area contributed by atoms with Gasteiger partial charge >= 0.3 is 6.18 Å². The SMILES string of the molecule is CN(c1cccc(F)c1)c1cc(N)nc(C(F)(F)F)n1. The number of rotatable bonds is 2. The van der Waals surface area contributed by atoms with Crippen LogP contribution in [0.15, 0.2) is 30.3 Å². The van der Waals surface area contributed by atoms with Crippen molar-refractivity contribution < 1.29 is 17.6 Å². The van der Waals surface area contributed by atoms with Crippen molar-refractivity contribution in [3.05, 3.63) is 42.0 Å². The van der Waals surface area contributed by atoms with Crippen molar-refractivity contribution in [2.45, 2.75) is 6.18 Å². The summed E-state index contributed by atoms with van der Waals surface area (Å²) in [4.78, 5) is 7.83. The van der Waals surface area contributed by atoms with Gasteiger partial charge in [-0.3, -0.25) is 0 Å². The largest absolute Gasteiger partial charge is 0.451 e. The highest BCUT2D eigenvalue weighted by molar-refractivity contribution is 5.61. The van der Waals surface area contributed by atoms with Crippen LogP contribution >= 0.6 is 0 Å². The zero-order valence-electron chi connectivity index (χ0n) is 10.3. The Labute approximate surface area is 111 Å². The van der Waals surface area contributed by atoms with E-state index in [2.05, 4.69) is 9.97 Å². The van der Waals surface area contributed by atoms with Crippen molar-refractivity contribution >= 4 is 17.3 Å². The molecule has 4 nitrogen and oxygen atoms in total. The lowest BCUT2D eigenvalue weighted by atomic mass is 10.3. The molecule has 0 saturated carbocycles. The Hall–Kier alpha value is -2.38. The first kappa shape index (κ1) is 14.0. The average Bonchev–Trinajstić information content (AvgIpc) is 2.36. The summed E-state index contributed by atoms with van der Waals surface area (Å²) in [5.41, 5.74) is 5.69. The van der Waals surface area contributed by atoms with E-state index in [4.69, 9.17) is 5.73 Å². The second kappa shape index (κ2) is 4.95. The fourth-order valence-electron chi connectivity index (χ4n) is 1.57. The Morgan fingerprint density at radius 1 is 1.15 bits per heavy atom. The van der Waals surface area contributed by atoms with Gasteiger partial charge in [0.05, 0.1) is 0 Å². The van der Waals surface area contributed by atoms with Gasteiger partial charge in [-0.1, -0.05) is 6.07 Å². The van der Waals surface area contributed by atoms with Gasteiger partial charge in [0, 0.05) is 18.8 Å². The number of hydrogen-bond acceptors (Lipinski definition) is 4. The standard InChI is InChI=1S/C12H10F4N4/c1-20(8-4-2-3-7(13)5-8)10-6-9(17)18-11(19-10)12(14,15)16/h2-6H,1H3,(H2,17,18,19). The van der Waals surface area contributed by atoms with E-state index in [-0.39, 0.29) is 11.6 Å². The van der Waals surface area contributed by atoms with Crippen LogP contribution in [0, 0.1) is 5.82 Å². The quantitative estimate of drug-likeness (QED) is 0.862. The number of hydrogen-bond donors (Lipinski definition) is 1. The van der Waals surface area contributed by atoms with Crippen LogP contribution in [0.1, 0.15) is 5.82 Å². The summed E-state index contributed by atoms with van der Waals surface area (Å²) in [6, 6.07) is 6.56. The number of anilines is 3. The molecule has 0 aliphatic rings. The van der Waals surface area contributed by atoms with Crippen molar-refractivity contribution in [3.63, 3.8) is 0 Å². The van der Waals surface area contributed by atoms with E-state index < -0.39 is 17.8 Å². The molecule has 1 heterocycles. The molecule has 20 heavy (non-hydrogen) atoms. The lowest BCUT2D eigenvalue weighted by molar-refractivity contribution is -0.144. The van der Waals surface area contributed by atoms with Gasteiger partial charge in [0.15, 0.2) is 0 Å². The maximum Gasteiger partial charge on any atom is 0.451 e. The Bertz CT molecular complexity index is 627. The molecule has 0 fully saturated rings. The number of alkyl halides is 3. The molecule has 1 aromatic carbocycles. The van der Waals surface area contributed by atoms with Gasteiger partial charge in [-0.05, 0) is 18.2 Å². The molecule has 0 saturated heterocycles. The van der Waals surface area contributed by atoms with Crippen LogP contribution < -0.4 is 10.6 Å². The van der Waals surface area contributed by atoms with Gasteiger partial charge in [-0.25, -0.2) is 14.4 Å². The van der Waals surface area contributed by atoms with Gasteiger partial charge in [-0.2, -0.15) is 13.2 Å².